The van der Waals surface area contributed by atoms with Gasteiger partial charge in [-0.25, -0.2) is 4.98 Å². The van der Waals surface area contributed by atoms with E-state index >= 15 is 0 Å². The summed E-state index contributed by atoms with van der Waals surface area (Å²) < 4.78 is 3.02. The molecule has 88 valence electrons. The number of aldehydes is 1. The quantitative estimate of drug-likeness (QED) is 0.678. The van der Waals surface area contributed by atoms with Crippen LogP contribution in [0.4, 0.5) is 0 Å². The number of carbonyl (C=O) groups is 1. The molecule has 2 aromatic heterocycles. The second-order valence-electron chi connectivity index (χ2n) is 3.93. The van der Waals surface area contributed by atoms with Crippen LogP contribution in [0.2, 0.25) is 0 Å². The molecule has 0 aliphatic heterocycles. The van der Waals surface area contributed by atoms with Crippen LogP contribution < -0.4 is 0 Å². The van der Waals surface area contributed by atoms with Gasteiger partial charge in [0.25, 0.3) is 0 Å². The lowest BCUT2D eigenvalue weighted by atomic mass is 10.2. The second kappa shape index (κ2) is 4.38. The third-order valence-electron chi connectivity index (χ3n) is 2.84. The van der Waals surface area contributed by atoms with Gasteiger partial charge in [-0.3, -0.25) is 4.79 Å². The normalized spacial score (nSPS) is 10.7. The first-order valence-electron chi connectivity index (χ1n) is 5.47. The van der Waals surface area contributed by atoms with Crippen LogP contribution in [0.1, 0.15) is 10.4 Å². The first-order valence-corrected chi connectivity index (χ1v) is 6.26. The Morgan fingerprint density at radius 3 is 2.61 bits per heavy atom. The molecule has 0 amide bonds. The Morgan fingerprint density at radius 2 is 1.89 bits per heavy atom. The van der Waals surface area contributed by atoms with Crippen LogP contribution in [0, 0.1) is 0 Å². The van der Waals surface area contributed by atoms with Crippen LogP contribution in [0.25, 0.3) is 16.7 Å². The SMILES string of the molecule is O=Cc1ccc(-n2ccc3c(Br)ccnc32)cc1. The van der Waals surface area contributed by atoms with Gasteiger partial charge in [0.15, 0.2) is 0 Å². The zero-order valence-corrected chi connectivity index (χ0v) is 11.0. The van der Waals surface area contributed by atoms with Crippen LogP contribution in [-0.2, 0) is 0 Å². The van der Waals surface area contributed by atoms with Crippen molar-refractivity contribution in [3.63, 3.8) is 0 Å². The van der Waals surface area contributed by atoms with Gasteiger partial charge in [-0.1, -0.05) is 0 Å². The first kappa shape index (κ1) is 11.2. The summed E-state index contributed by atoms with van der Waals surface area (Å²) in [5.41, 5.74) is 2.55. The van der Waals surface area contributed by atoms with Gasteiger partial charge in [-0.2, -0.15) is 0 Å². The number of halogens is 1. The predicted octanol–water partition coefficient (Wildman–Crippen LogP) is 3.60. The predicted molar refractivity (Wildman–Crippen MR) is 74.2 cm³/mol. The molecule has 0 fully saturated rings. The van der Waals surface area contributed by atoms with Gasteiger partial charge in [0.2, 0.25) is 0 Å². The zero-order valence-electron chi connectivity index (χ0n) is 9.38. The van der Waals surface area contributed by atoms with Crippen molar-refractivity contribution in [2.45, 2.75) is 0 Å². The molecular weight excluding hydrogens is 292 g/mol. The number of aromatic nitrogens is 2. The van der Waals surface area contributed by atoms with Crippen molar-refractivity contribution in [2.24, 2.45) is 0 Å². The topological polar surface area (TPSA) is 34.9 Å². The summed E-state index contributed by atoms with van der Waals surface area (Å²) in [5, 5.41) is 1.07. The van der Waals surface area contributed by atoms with Gasteiger partial charge in [0, 0.05) is 33.5 Å². The Bertz CT molecular complexity index is 716. The Labute approximate surface area is 112 Å². The van der Waals surface area contributed by atoms with Crippen molar-refractivity contribution in [1.29, 1.82) is 0 Å². The van der Waals surface area contributed by atoms with E-state index in [4.69, 9.17) is 0 Å². The molecule has 0 radical (unpaired) electrons. The van der Waals surface area contributed by atoms with Crippen LogP contribution in [0.15, 0.2) is 53.3 Å². The Balaban J connectivity index is 2.19. The molecule has 1 aromatic carbocycles. The molecule has 3 aromatic rings. The lowest BCUT2D eigenvalue weighted by Crippen LogP contribution is -1.94. The maximum Gasteiger partial charge on any atom is 0.150 e. The average molecular weight is 301 g/mol. The summed E-state index contributed by atoms with van der Waals surface area (Å²) in [7, 11) is 0. The maximum absolute atomic E-state index is 10.6. The molecule has 0 N–H and O–H groups in total. The summed E-state index contributed by atoms with van der Waals surface area (Å²) in [6.07, 6.45) is 4.58. The van der Waals surface area contributed by atoms with Crippen molar-refractivity contribution in [3.05, 3.63) is 58.8 Å². The number of fused-ring (bicyclic) bond motifs is 1. The summed E-state index contributed by atoms with van der Waals surface area (Å²) in [6, 6.07) is 11.3. The largest absolute Gasteiger partial charge is 0.301 e. The molecule has 0 saturated heterocycles. The highest BCUT2D eigenvalue weighted by Gasteiger charge is 2.06. The molecule has 0 spiro atoms. The van der Waals surface area contributed by atoms with Gasteiger partial charge < -0.3 is 4.57 Å². The second-order valence-corrected chi connectivity index (χ2v) is 4.78. The fourth-order valence-electron chi connectivity index (χ4n) is 1.93. The third-order valence-corrected chi connectivity index (χ3v) is 3.53. The molecule has 2 heterocycles. The Morgan fingerprint density at radius 1 is 1.11 bits per heavy atom. The fourth-order valence-corrected chi connectivity index (χ4v) is 2.35. The maximum atomic E-state index is 10.6. The highest BCUT2D eigenvalue weighted by Crippen LogP contribution is 2.25. The molecule has 0 atom stereocenters. The first-order chi connectivity index (χ1) is 8.79. The molecule has 0 saturated carbocycles. The van der Waals surface area contributed by atoms with Crippen molar-refractivity contribution >= 4 is 33.2 Å². The highest BCUT2D eigenvalue weighted by atomic mass is 79.9. The van der Waals surface area contributed by atoms with E-state index in [1.54, 1.807) is 18.3 Å². The molecule has 0 aliphatic rings. The monoisotopic (exact) mass is 300 g/mol. The van der Waals surface area contributed by atoms with Gasteiger partial charge in [-0.05, 0) is 52.3 Å². The van der Waals surface area contributed by atoms with Crippen LogP contribution in [0.3, 0.4) is 0 Å². The zero-order chi connectivity index (χ0) is 12.5. The molecule has 18 heavy (non-hydrogen) atoms. The van der Waals surface area contributed by atoms with Crippen molar-refractivity contribution < 1.29 is 4.79 Å². The van der Waals surface area contributed by atoms with Crippen LogP contribution in [-0.4, -0.2) is 15.8 Å². The summed E-state index contributed by atoms with van der Waals surface area (Å²) in [4.78, 5) is 15.0. The summed E-state index contributed by atoms with van der Waals surface area (Å²) in [6.45, 7) is 0. The van der Waals surface area contributed by atoms with Crippen molar-refractivity contribution in [1.82, 2.24) is 9.55 Å². The lowest BCUT2D eigenvalue weighted by molar-refractivity contribution is 0.112. The van der Waals surface area contributed by atoms with Crippen LogP contribution in [0.5, 0.6) is 0 Å². The van der Waals surface area contributed by atoms with E-state index in [1.165, 1.54) is 0 Å². The van der Waals surface area contributed by atoms with Gasteiger partial charge in [0.1, 0.15) is 11.9 Å². The highest BCUT2D eigenvalue weighted by molar-refractivity contribution is 9.10. The van der Waals surface area contributed by atoms with Gasteiger partial charge in [0.05, 0.1) is 0 Å². The smallest absolute Gasteiger partial charge is 0.150 e. The standard InChI is InChI=1S/C14H9BrN2O/c15-13-5-7-16-14-12(13)6-8-17(14)11-3-1-10(9-18)2-4-11/h1-9H. The number of benzene rings is 1. The van der Waals surface area contributed by atoms with E-state index in [-0.39, 0.29) is 0 Å². The minimum absolute atomic E-state index is 0.671. The van der Waals surface area contributed by atoms with E-state index in [2.05, 4.69) is 20.9 Å². The third kappa shape index (κ3) is 1.75. The number of hydrogen-bond donors (Lipinski definition) is 0. The molecule has 0 unspecified atom stereocenters. The molecule has 0 aliphatic carbocycles. The number of carbonyl (C=O) groups excluding carboxylic acids is 1. The number of rotatable bonds is 2. The molecule has 0 bridgehead atoms. The van der Waals surface area contributed by atoms with Crippen molar-refractivity contribution in [2.75, 3.05) is 0 Å². The summed E-state index contributed by atoms with van der Waals surface area (Å²) in [5.74, 6) is 0. The van der Waals surface area contributed by atoms with Crippen LogP contribution >= 0.6 is 15.9 Å². The van der Waals surface area contributed by atoms with Gasteiger partial charge in [-0.15, -0.1) is 0 Å². The Hall–Kier alpha value is -1.94. The van der Waals surface area contributed by atoms with E-state index in [1.807, 2.05) is 35.0 Å². The fraction of sp³-hybridized carbons (Fsp3) is 0. The lowest BCUT2D eigenvalue weighted by Gasteiger charge is -2.04. The van der Waals surface area contributed by atoms with E-state index in [0.29, 0.717) is 5.56 Å². The van der Waals surface area contributed by atoms with Crippen molar-refractivity contribution in [3.8, 4) is 5.69 Å². The molecule has 3 rings (SSSR count). The number of hydrogen-bond acceptors (Lipinski definition) is 2. The minimum Gasteiger partial charge on any atom is -0.301 e. The van der Waals surface area contributed by atoms with E-state index in [0.717, 1.165) is 27.5 Å². The minimum atomic E-state index is 0.671. The number of pyridine rings is 1. The molecule has 4 heteroatoms. The van der Waals surface area contributed by atoms with E-state index in [9.17, 15) is 4.79 Å². The molecule has 3 nitrogen and oxygen atoms in total. The van der Waals surface area contributed by atoms with Gasteiger partial charge >= 0.3 is 0 Å². The number of nitrogens with zero attached hydrogens (tertiary/aromatic N) is 2. The summed E-state index contributed by atoms with van der Waals surface area (Å²) >= 11 is 3.51. The Kier molecular flexibility index (Phi) is 2.72. The average Bonchev–Trinajstić information content (AvgIpc) is 2.84. The molecular formula is C14H9BrN2O. The van der Waals surface area contributed by atoms with E-state index < -0.39 is 0 Å².